The molecule has 118 valence electrons. The third kappa shape index (κ3) is 3.27. The number of nitriles is 1. The van der Waals surface area contributed by atoms with Crippen LogP contribution in [-0.4, -0.2) is 5.97 Å². The second-order valence-corrected chi connectivity index (χ2v) is 5.88. The van der Waals surface area contributed by atoms with E-state index in [9.17, 15) is 4.79 Å². The zero-order chi connectivity index (χ0) is 17.1. The highest BCUT2D eigenvalue weighted by Gasteiger charge is 2.19. The van der Waals surface area contributed by atoms with Gasteiger partial charge in [0.05, 0.1) is 17.2 Å². The quantitative estimate of drug-likeness (QED) is 0.787. The maximum atomic E-state index is 12.5. The highest BCUT2D eigenvalue weighted by atomic mass is 16.5. The molecule has 3 heteroatoms. The molecule has 0 aliphatic heterocycles. The SMILES string of the molecule is Cc1c(C)c(C)c(C(=O)OCc2ccc(C#N)cc2)c(C)c1C. The van der Waals surface area contributed by atoms with E-state index >= 15 is 0 Å². The topological polar surface area (TPSA) is 50.1 Å². The summed E-state index contributed by atoms with van der Waals surface area (Å²) >= 11 is 0. The predicted octanol–water partition coefficient (Wildman–Crippen LogP) is 4.46. The van der Waals surface area contributed by atoms with Crippen LogP contribution in [0.5, 0.6) is 0 Å². The molecule has 0 aliphatic carbocycles. The summed E-state index contributed by atoms with van der Waals surface area (Å²) in [6.07, 6.45) is 0. The average Bonchev–Trinajstić information content (AvgIpc) is 2.57. The fourth-order valence-corrected chi connectivity index (χ4v) is 2.70. The normalized spacial score (nSPS) is 10.3. The monoisotopic (exact) mass is 307 g/mol. The maximum absolute atomic E-state index is 12.5. The van der Waals surface area contributed by atoms with Gasteiger partial charge in [-0.25, -0.2) is 4.79 Å². The van der Waals surface area contributed by atoms with E-state index in [0.717, 1.165) is 27.8 Å². The molecule has 0 bridgehead atoms. The zero-order valence-corrected chi connectivity index (χ0v) is 14.3. The first kappa shape index (κ1) is 16.8. The Hall–Kier alpha value is -2.60. The molecule has 0 atom stereocenters. The van der Waals surface area contributed by atoms with E-state index in [2.05, 4.69) is 13.0 Å². The van der Waals surface area contributed by atoms with Crippen LogP contribution in [0.15, 0.2) is 24.3 Å². The van der Waals surface area contributed by atoms with Gasteiger partial charge in [-0.3, -0.25) is 0 Å². The summed E-state index contributed by atoms with van der Waals surface area (Å²) in [5, 5.41) is 8.80. The number of carbonyl (C=O) groups excluding carboxylic acids is 1. The Labute approximate surface area is 137 Å². The first-order valence-corrected chi connectivity index (χ1v) is 7.60. The van der Waals surface area contributed by atoms with Crippen LogP contribution in [0.3, 0.4) is 0 Å². The minimum Gasteiger partial charge on any atom is -0.457 e. The molecule has 0 saturated carbocycles. The van der Waals surface area contributed by atoms with Crippen molar-refractivity contribution in [3.8, 4) is 6.07 Å². The summed E-state index contributed by atoms with van der Waals surface area (Å²) in [6.45, 7) is 10.3. The van der Waals surface area contributed by atoms with Gasteiger partial charge in [0.25, 0.3) is 0 Å². The van der Waals surface area contributed by atoms with E-state index in [4.69, 9.17) is 10.00 Å². The third-order valence-corrected chi connectivity index (χ3v) is 4.66. The largest absolute Gasteiger partial charge is 0.457 e. The second kappa shape index (κ2) is 6.66. The molecule has 0 radical (unpaired) electrons. The molecule has 0 spiro atoms. The predicted molar refractivity (Wildman–Crippen MR) is 90.4 cm³/mol. The van der Waals surface area contributed by atoms with Crippen LogP contribution in [0.2, 0.25) is 0 Å². The number of rotatable bonds is 3. The smallest absolute Gasteiger partial charge is 0.339 e. The fraction of sp³-hybridized carbons (Fsp3) is 0.300. The van der Waals surface area contributed by atoms with Crippen LogP contribution in [-0.2, 0) is 11.3 Å². The lowest BCUT2D eigenvalue weighted by Crippen LogP contribution is -2.12. The maximum Gasteiger partial charge on any atom is 0.339 e. The summed E-state index contributed by atoms with van der Waals surface area (Å²) in [5.74, 6) is -0.296. The van der Waals surface area contributed by atoms with Crippen molar-refractivity contribution in [2.75, 3.05) is 0 Å². The molecule has 0 saturated heterocycles. The molecule has 0 fully saturated rings. The van der Waals surface area contributed by atoms with E-state index in [0.29, 0.717) is 11.1 Å². The van der Waals surface area contributed by atoms with Crippen LogP contribution >= 0.6 is 0 Å². The Balaban J connectivity index is 2.23. The number of ether oxygens (including phenoxy) is 1. The molecular formula is C20H21NO2. The molecule has 2 aromatic carbocycles. The van der Waals surface area contributed by atoms with Crippen LogP contribution in [0.4, 0.5) is 0 Å². The van der Waals surface area contributed by atoms with Gasteiger partial charge in [0, 0.05) is 0 Å². The second-order valence-electron chi connectivity index (χ2n) is 5.88. The van der Waals surface area contributed by atoms with Gasteiger partial charge in [0.1, 0.15) is 6.61 Å². The number of hydrogen-bond acceptors (Lipinski definition) is 3. The summed E-state index contributed by atoms with van der Waals surface area (Å²) in [4.78, 5) is 12.5. The van der Waals surface area contributed by atoms with Crippen LogP contribution < -0.4 is 0 Å². The molecule has 0 amide bonds. The van der Waals surface area contributed by atoms with Gasteiger partial charge in [-0.2, -0.15) is 5.26 Å². The van der Waals surface area contributed by atoms with E-state index in [1.165, 1.54) is 5.56 Å². The summed E-state index contributed by atoms with van der Waals surface area (Å²) in [6, 6.07) is 9.12. The number of carbonyl (C=O) groups is 1. The van der Waals surface area contributed by atoms with Crippen molar-refractivity contribution >= 4 is 5.97 Å². The van der Waals surface area contributed by atoms with Crippen molar-refractivity contribution in [3.05, 3.63) is 68.8 Å². The molecule has 0 heterocycles. The number of nitrogens with zero attached hydrogens (tertiary/aromatic N) is 1. The molecule has 3 nitrogen and oxygen atoms in total. The Morgan fingerprint density at radius 1 is 0.913 bits per heavy atom. The van der Waals surface area contributed by atoms with Crippen molar-refractivity contribution < 1.29 is 9.53 Å². The standard InChI is InChI=1S/C20H21NO2/c1-12-13(2)15(4)19(16(5)14(12)3)20(22)23-11-18-8-6-17(10-21)7-9-18/h6-9H,11H2,1-5H3. The number of benzene rings is 2. The third-order valence-electron chi connectivity index (χ3n) is 4.66. The van der Waals surface area contributed by atoms with Gasteiger partial charge in [-0.05, 0) is 80.1 Å². The van der Waals surface area contributed by atoms with E-state index in [-0.39, 0.29) is 12.6 Å². The molecule has 0 aromatic heterocycles. The van der Waals surface area contributed by atoms with E-state index < -0.39 is 0 Å². The number of esters is 1. The van der Waals surface area contributed by atoms with Gasteiger partial charge in [-0.15, -0.1) is 0 Å². The molecule has 2 aromatic rings. The molecular weight excluding hydrogens is 286 g/mol. The lowest BCUT2D eigenvalue weighted by atomic mass is 9.90. The Bertz CT molecular complexity index is 767. The lowest BCUT2D eigenvalue weighted by molar-refractivity contribution is 0.0470. The van der Waals surface area contributed by atoms with Crippen molar-refractivity contribution in [1.29, 1.82) is 5.26 Å². The van der Waals surface area contributed by atoms with Crippen molar-refractivity contribution in [2.24, 2.45) is 0 Å². The van der Waals surface area contributed by atoms with Crippen LogP contribution in [0, 0.1) is 45.9 Å². The zero-order valence-electron chi connectivity index (χ0n) is 14.3. The van der Waals surface area contributed by atoms with Gasteiger partial charge >= 0.3 is 5.97 Å². The average molecular weight is 307 g/mol. The van der Waals surface area contributed by atoms with Crippen LogP contribution in [0.25, 0.3) is 0 Å². The van der Waals surface area contributed by atoms with Gasteiger partial charge in [0.2, 0.25) is 0 Å². The van der Waals surface area contributed by atoms with Crippen molar-refractivity contribution in [1.82, 2.24) is 0 Å². The van der Waals surface area contributed by atoms with E-state index in [1.54, 1.807) is 24.3 Å². The Morgan fingerprint density at radius 2 is 1.39 bits per heavy atom. The van der Waals surface area contributed by atoms with Crippen LogP contribution in [0.1, 0.15) is 49.3 Å². The highest BCUT2D eigenvalue weighted by Crippen LogP contribution is 2.26. The fourth-order valence-electron chi connectivity index (χ4n) is 2.70. The minimum atomic E-state index is -0.296. The molecule has 0 unspecified atom stereocenters. The van der Waals surface area contributed by atoms with Crippen molar-refractivity contribution in [2.45, 2.75) is 41.2 Å². The highest BCUT2D eigenvalue weighted by molar-refractivity contribution is 5.93. The van der Waals surface area contributed by atoms with Crippen molar-refractivity contribution in [3.63, 3.8) is 0 Å². The Kier molecular flexibility index (Phi) is 4.86. The first-order chi connectivity index (χ1) is 10.9. The van der Waals surface area contributed by atoms with Gasteiger partial charge in [-0.1, -0.05) is 12.1 Å². The first-order valence-electron chi connectivity index (χ1n) is 7.60. The summed E-state index contributed by atoms with van der Waals surface area (Å²) in [7, 11) is 0. The Morgan fingerprint density at radius 3 is 1.87 bits per heavy atom. The molecule has 0 N–H and O–H groups in total. The van der Waals surface area contributed by atoms with E-state index in [1.807, 2.05) is 27.7 Å². The molecule has 0 aliphatic rings. The summed E-state index contributed by atoms with van der Waals surface area (Å²) < 4.78 is 5.48. The number of hydrogen-bond donors (Lipinski definition) is 0. The lowest BCUT2D eigenvalue weighted by Gasteiger charge is -2.17. The summed E-state index contributed by atoms with van der Waals surface area (Å²) in [5.41, 5.74) is 7.59. The molecule has 2 rings (SSSR count). The van der Waals surface area contributed by atoms with Gasteiger partial charge < -0.3 is 4.74 Å². The van der Waals surface area contributed by atoms with Gasteiger partial charge in [0.15, 0.2) is 0 Å². The molecule has 23 heavy (non-hydrogen) atoms. The minimum absolute atomic E-state index is 0.204.